The van der Waals surface area contributed by atoms with E-state index in [-0.39, 0.29) is 23.4 Å². The van der Waals surface area contributed by atoms with Crippen LogP contribution in [0.2, 0.25) is 0 Å². The van der Waals surface area contributed by atoms with Gasteiger partial charge in [-0.1, -0.05) is 39.7 Å². The largest absolute Gasteiger partial charge is 0.493 e. The second kappa shape index (κ2) is 10.7. The summed E-state index contributed by atoms with van der Waals surface area (Å²) in [7, 11) is 3.36. The average molecular weight is 431 g/mol. The molecule has 1 N–H and O–H groups in total. The molecule has 2 atom stereocenters. The first-order valence-electron chi connectivity index (χ1n) is 12.2. The smallest absolute Gasteiger partial charge is 0.237 e. The molecule has 1 aromatic rings. The summed E-state index contributed by atoms with van der Waals surface area (Å²) in [5.74, 6) is 2.24. The van der Waals surface area contributed by atoms with Crippen LogP contribution >= 0.6 is 0 Å². The molecule has 3 rings (SSSR count). The van der Waals surface area contributed by atoms with E-state index in [4.69, 9.17) is 9.47 Å². The number of hydrogen-bond donors (Lipinski definition) is 1. The Morgan fingerprint density at radius 3 is 2.26 bits per heavy atom. The number of piperidine rings is 1. The summed E-state index contributed by atoms with van der Waals surface area (Å²) in [5.41, 5.74) is 1.23. The van der Waals surface area contributed by atoms with Gasteiger partial charge in [-0.2, -0.15) is 0 Å². The van der Waals surface area contributed by atoms with Crippen LogP contribution in [0.4, 0.5) is 0 Å². The van der Waals surface area contributed by atoms with Crippen LogP contribution in [0.3, 0.4) is 0 Å². The number of ether oxygens (including phenoxy) is 2. The molecule has 1 aliphatic heterocycles. The van der Waals surface area contributed by atoms with E-state index in [1.54, 1.807) is 14.2 Å². The van der Waals surface area contributed by atoms with E-state index in [0.717, 1.165) is 50.3 Å². The van der Waals surface area contributed by atoms with Gasteiger partial charge in [0, 0.05) is 11.5 Å². The van der Waals surface area contributed by atoms with Crippen LogP contribution in [0.15, 0.2) is 18.2 Å². The van der Waals surface area contributed by atoms with E-state index in [0.29, 0.717) is 5.92 Å². The van der Waals surface area contributed by atoms with Crippen molar-refractivity contribution in [2.45, 2.75) is 89.6 Å². The Morgan fingerprint density at radius 1 is 1.06 bits per heavy atom. The summed E-state index contributed by atoms with van der Waals surface area (Å²) in [6, 6.07) is 6.41. The van der Waals surface area contributed by atoms with Crippen molar-refractivity contribution in [2.24, 2.45) is 5.92 Å². The standard InChI is InChI=1S/C26H42N2O3/c1-6-21(28-15-8-7-9-16-28)25(29)27-24(17-19(2)3)26(13-10-14-26)20-11-12-22(30-4)23(18-20)31-5/h11-12,18-19,21,24H,6-10,13-17H2,1-5H3,(H,27,29). The average Bonchev–Trinajstić information content (AvgIpc) is 2.73. The highest BCUT2D eigenvalue weighted by molar-refractivity contribution is 5.82. The van der Waals surface area contributed by atoms with E-state index >= 15 is 0 Å². The van der Waals surface area contributed by atoms with Crippen molar-refractivity contribution in [3.8, 4) is 11.5 Å². The molecule has 1 saturated heterocycles. The third-order valence-corrected chi connectivity index (χ3v) is 7.42. The monoisotopic (exact) mass is 430 g/mol. The summed E-state index contributed by atoms with van der Waals surface area (Å²) in [6.45, 7) is 8.73. The molecular formula is C26H42N2O3. The normalized spacial score (nSPS) is 20.6. The van der Waals surface area contributed by atoms with E-state index in [9.17, 15) is 4.79 Å². The van der Waals surface area contributed by atoms with Crippen molar-refractivity contribution in [3.05, 3.63) is 23.8 Å². The van der Waals surface area contributed by atoms with Crippen LogP contribution in [-0.2, 0) is 10.2 Å². The highest BCUT2D eigenvalue weighted by atomic mass is 16.5. The van der Waals surface area contributed by atoms with Gasteiger partial charge in [0.1, 0.15) is 0 Å². The lowest BCUT2D eigenvalue weighted by atomic mass is 9.58. The van der Waals surface area contributed by atoms with Crippen LogP contribution in [-0.4, -0.2) is 50.2 Å². The number of carbonyl (C=O) groups is 1. The lowest BCUT2D eigenvalue weighted by molar-refractivity contribution is -0.128. The minimum atomic E-state index is -0.0281. The number of nitrogens with zero attached hydrogens (tertiary/aromatic N) is 1. The topological polar surface area (TPSA) is 50.8 Å². The maximum Gasteiger partial charge on any atom is 0.237 e. The van der Waals surface area contributed by atoms with Gasteiger partial charge in [0.15, 0.2) is 11.5 Å². The third kappa shape index (κ3) is 5.19. The van der Waals surface area contributed by atoms with Gasteiger partial charge in [-0.15, -0.1) is 0 Å². The molecule has 5 heteroatoms. The van der Waals surface area contributed by atoms with Crippen molar-refractivity contribution in [3.63, 3.8) is 0 Å². The Hall–Kier alpha value is -1.75. The first kappa shape index (κ1) is 23.9. The predicted molar refractivity (Wildman–Crippen MR) is 126 cm³/mol. The van der Waals surface area contributed by atoms with Gasteiger partial charge in [0.05, 0.1) is 20.3 Å². The van der Waals surface area contributed by atoms with Crippen molar-refractivity contribution >= 4 is 5.91 Å². The second-order valence-corrected chi connectivity index (χ2v) is 9.79. The number of amides is 1. The number of methoxy groups -OCH3 is 2. The Bertz CT molecular complexity index is 723. The molecule has 0 spiro atoms. The van der Waals surface area contributed by atoms with Crippen LogP contribution in [0.1, 0.15) is 77.7 Å². The van der Waals surface area contributed by atoms with Gasteiger partial charge < -0.3 is 14.8 Å². The molecule has 1 heterocycles. The van der Waals surface area contributed by atoms with Crippen molar-refractivity contribution in [1.29, 1.82) is 0 Å². The quantitative estimate of drug-likeness (QED) is 0.572. The fourth-order valence-electron chi connectivity index (χ4n) is 5.54. The van der Waals surface area contributed by atoms with Crippen LogP contribution in [0.25, 0.3) is 0 Å². The van der Waals surface area contributed by atoms with Gasteiger partial charge in [-0.25, -0.2) is 0 Å². The zero-order valence-corrected chi connectivity index (χ0v) is 20.2. The Morgan fingerprint density at radius 2 is 1.74 bits per heavy atom. The van der Waals surface area contributed by atoms with E-state index in [1.807, 2.05) is 6.07 Å². The lowest BCUT2D eigenvalue weighted by Crippen LogP contribution is -2.58. The maximum atomic E-state index is 13.5. The molecule has 1 aliphatic carbocycles. The van der Waals surface area contributed by atoms with E-state index in [2.05, 4.69) is 43.1 Å². The number of hydrogen-bond acceptors (Lipinski definition) is 4. The zero-order chi connectivity index (χ0) is 22.4. The highest BCUT2D eigenvalue weighted by Crippen LogP contribution is 2.49. The molecule has 1 saturated carbocycles. The fourth-order valence-corrected chi connectivity index (χ4v) is 5.54. The first-order valence-corrected chi connectivity index (χ1v) is 12.2. The van der Waals surface area contributed by atoms with Crippen LogP contribution in [0.5, 0.6) is 11.5 Å². The number of benzene rings is 1. The number of carbonyl (C=O) groups excluding carboxylic acids is 1. The third-order valence-electron chi connectivity index (χ3n) is 7.42. The summed E-state index contributed by atoms with van der Waals surface area (Å²) < 4.78 is 11.1. The van der Waals surface area contributed by atoms with Gasteiger partial charge in [-0.05, 0) is 75.2 Å². The lowest BCUT2D eigenvalue weighted by Gasteiger charge is -2.50. The van der Waals surface area contributed by atoms with Crippen molar-refractivity contribution in [2.75, 3.05) is 27.3 Å². The molecule has 174 valence electrons. The molecule has 2 fully saturated rings. The molecule has 1 amide bonds. The second-order valence-electron chi connectivity index (χ2n) is 9.79. The molecule has 1 aromatic carbocycles. The molecule has 5 nitrogen and oxygen atoms in total. The Balaban J connectivity index is 1.86. The number of likely N-dealkylation sites (tertiary alicyclic amines) is 1. The Labute approximate surface area is 188 Å². The zero-order valence-electron chi connectivity index (χ0n) is 20.2. The van der Waals surface area contributed by atoms with Gasteiger partial charge in [0.25, 0.3) is 0 Å². The summed E-state index contributed by atoms with van der Waals surface area (Å²) in [4.78, 5) is 15.9. The number of nitrogens with one attached hydrogen (secondary N) is 1. The molecule has 0 radical (unpaired) electrons. The molecular weight excluding hydrogens is 388 g/mol. The molecule has 0 aromatic heterocycles. The van der Waals surface area contributed by atoms with E-state index < -0.39 is 0 Å². The fraction of sp³-hybridized carbons (Fsp3) is 0.731. The van der Waals surface area contributed by atoms with Gasteiger partial charge in [0.2, 0.25) is 5.91 Å². The first-order chi connectivity index (χ1) is 14.9. The SMILES string of the molecule is CCC(C(=O)NC(CC(C)C)C1(c2ccc(OC)c(OC)c2)CCC1)N1CCCCC1. The van der Waals surface area contributed by atoms with E-state index in [1.165, 1.54) is 31.2 Å². The molecule has 31 heavy (non-hydrogen) atoms. The van der Waals surface area contributed by atoms with Gasteiger partial charge >= 0.3 is 0 Å². The maximum absolute atomic E-state index is 13.5. The minimum Gasteiger partial charge on any atom is -0.493 e. The summed E-state index contributed by atoms with van der Waals surface area (Å²) in [6.07, 6.45) is 8.93. The molecule has 2 aliphatic rings. The van der Waals surface area contributed by atoms with Crippen molar-refractivity contribution in [1.82, 2.24) is 10.2 Å². The van der Waals surface area contributed by atoms with Crippen LogP contribution in [0, 0.1) is 5.92 Å². The predicted octanol–water partition coefficient (Wildman–Crippen LogP) is 4.92. The van der Waals surface area contributed by atoms with Gasteiger partial charge in [-0.3, -0.25) is 9.69 Å². The highest BCUT2D eigenvalue weighted by Gasteiger charge is 2.47. The van der Waals surface area contributed by atoms with Crippen molar-refractivity contribution < 1.29 is 14.3 Å². The minimum absolute atomic E-state index is 0.0162. The number of rotatable bonds is 10. The summed E-state index contributed by atoms with van der Waals surface area (Å²) >= 11 is 0. The van der Waals surface area contributed by atoms with Crippen LogP contribution < -0.4 is 14.8 Å². The molecule has 0 bridgehead atoms. The molecule has 2 unspecified atom stereocenters. The Kier molecular flexibility index (Phi) is 8.26. The summed E-state index contributed by atoms with van der Waals surface area (Å²) in [5, 5.41) is 3.55.